The van der Waals surface area contributed by atoms with Crippen molar-refractivity contribution in [2.75, 3.05) is 18.0 Å². The summed E-state index contributed by atoms with van der Waals surface area (Å²) in [5.41, 5.74) is 3.81. The average molecular weight is 402 g/mol. The highest BCUT2D eigenvalue weighted by atomic mass is 19.1. The van der Waals surface area contributed by atoms with Gasteiger partial charge in [-0.15, -0.1) is 0 Å². The molecule has 0 aliphatic carbocycles. The Bertz CT molecular complexity index is 1160. The molecule has 1 fully saturated rings. The smallest absolute Gasteiger partial charge is 0.150 e. The van der Waals surface area contributed by atoms with Gasteiger partial charge in [-0.05, 0) is 43.7 Å². The second kappa shape index (κ2) is 7.54. The Morgan fingerprint density at radius 3 is 2.33 bits per heavy atom. The molecular formula is C24H23FN4O. The van der Waals surface area contributed by atoms with Gasteiger partial charge in [-0.3, -0.25) is 0 Å². The van der Waals surface area contributed by atoms with Crippen molar-refractivity contribution >= 4 is 16.9 Å². The summed E-state index contributed by atoms with van der Waals surface area (Å²) in [5, 5.41) is 0.995. The van der Waals surface area contributed by atoms with E-state index in [1.807, 2.05) is 22.8 Å². The van der Waals surface area contributed by atoms with Crippen LogP contribution in [0.25, 0.3) is 27.8 Å². The Labute approximate surface area is 174 Å². The van der Waals surface area contributed by atoms with E-state index in [-0.39, 0.29) is 18.0 Å². The molecule has 2 aromatic heterocycles. The Kier molecular flexibility index (Phi) is 4.71. The second-order valence-corrected chi connectivity index (χ2v) is 7.81. The van der Waals surface area contributed by atoms with Crippen LogP contribution in [0.3, 0.4) is 0 Å². The maximum Gasteiger partial charge on any atom is 0.150 e. The van der Waals surface area contributed by atoms with Crippen molar-refractivity contribution in [2.24, 2.45) is 0 Å². The molecule has 152 valence electrons. The monoisotopic (exact) mass is 402 g/mol. The lowest BCUT2D eigenvalue weighted by molar-refractivity contribution is -0.00537. The first kappa shape index (κ1) is 18.8. The lowest BCUT2D eigenvalue weighted by atomic mass is 10.1. The molecule has 3 heterocycles. The van der Waals surface area contributed by atoms with Crippen molar-refractivity contribution < 1.29 is 9.13 Å². The summed E-state index contributed by atoms with van der Waals surface area (Å²) in [5.74, 6) is 0.645. The van der Waals surface area contributed by atoms with Gasteiger partial charge in [0.05, 0.1) is 17.6 Å². The molecule has 2 aromatic carbocycles. The van der Waals surface area contributed by atoms with Crippen LogP contribution in [0, 0.1) is 5.82 Å². The highest BCUT2D eigenvalue weighted by Crippen LogP contribution is 2.37. The van der Waals surface area contributed by atoms with E-state index in [9.17, 15) is 4.39 Å². The summed E-state index contributed by atoms with van der Waals surface area (Å²) < 4.78 is 21.4. The van der Waals surface area contributed by atoms with E-state index in [2.05, 4.69) is 42.1 Å². The highest BCUT2D eigenvalue weighted by molar-refractivity contribution is 6.02. The number of hydrogen-bond acceptors (Lipinski definition) is 4. The summed E-state index contributed by atoms with van der Waals surface area (Å²) in [6.07, 6.45) is 3.92. The lowest BCUT2D eigenvalue weighted by Crippen LogP contribution is -2.46. The van der Waals surface area contributed by atoms with Gasteiger partial charge in [0.25, 0.3) is 0 Å². The Morgan fingerprint density at radius 1 is 0.933 bits per heavy atom. The molecular weight excluding hydrogens is 379 g/mol. The fourth-order valence-corrected chi connectivity index (χ4v) is 4.27. The van der Waals surface area contributed by atoms with E-state index in [1.165, 1.54) is 12.1 Å². The molecule has 0 unspecified atom stereocenters. The van der Waals surface area contributed by atoms with E-state index in [0.29, 0.717) is 0 Å². The van der Waals surface area contributed by atoms with Gasteiger partial charge >= 0.3 is 0 Å². The molecule has 0 radical (unpaired) electrons. The van der Waals surface area contributed by atoms with Gasteiger partial charge in [-0.2, -0.15) is 0 Å². The molecule has 0 amide bonds. The average Bonchev–Trinajstić information content (AvgIpc) is 3.14. The van der Waals surface area contributed by atoms with Gasteiger partial charge in [-0.1, -0.05) is 30.3 Å². The van der Waals surface area contributed by atoms with Crippen molar-refractivity contribution in [3.05, 3.63) is 72.9 Å². The molecule has 5 nitrogen and oxygen atoms in total. The van der Waals surface area contributed by atoms with Crippen LogP contribution in [-0.4, -0.2) is 39.8 Å². The zero-order valence-corrected chi connectivity index (χ0v) is 17.0. The quantitative estimate of drug-likeness (QED) is 0.492. The first-order chi connectivity index (χ1) is 14.6. The van der Waals surface area contributed by atoms with Gasteiger partial charge in [-0.25, -0.2) is 14.4 Å². The lowest BCUT2D eigenvalue weighted by Gasteiger charge is -2.36. The number of morpholine rings is 1. The predicted molar refractivity (Wildman–Crippen MR) is 116 cm³/mol. The fourth-order valence-electron chi connectivity index (χ4n) is 4.27. The maximum absolute atomic E-state index is 13.5. The van der Waals surface area contributed by atoms with E-state index < -0.39 is 0 Å². The molecule has 4 aromatic rings. The van der Waals surface area contributed by atoms with Crippen LogP contribution in [0.5, 0.6) is 0 Å². The number of hydrogen-bond donors (Lipinski definition) is 0. The number of ether oxygens (including phenoxy) is 1. The van der Waals surface area contributed by atoms with Crippen LogP contribution in [-0.2, 0) is 4.74 Å². The van der Waals surface area contributed by atoms with Crippen molar-refractivity contribution in [1.29, 1.82) is 0 Å². The largest absolute Gasteiger partial charge is 0.372 e. The van der Waals surface area contributed by atoms with Crippen molar-refractivity contribution in [3.8, 4) is 16.8 Å². The minimum atomic E-state index is -0.259. The number of aromatic nitrogens is 3. The molecule has 2 atom stereocenters. The Hall–Kier alpha value is -3.25. The second-order valence-electron chi connectivity index (χ2n) is 7.81. The third-order valence-electron chi connectivity index (χ3n) is 5.47. The van der Waals surface area contributed by atoms with Crippen molar-refractivity contribution in [1.82, 2.24) is 14.5 Å². The van der Waals surface area contributed by atoms with E-state index in [4.69, 9.17) is 9.72 Å². The summed E-state index contributed by atoms with van der Waals surface area (Å²) >= 11 is 0. The zero-order chi connectivity index (χ0) is 20.7. The molecule has 5 rings (SSSR count). The first-order valence-corrected chi connectivity index (χ1v) is 10.2. The van der Waals surface area contributed by atoms with E-state index >= 15 is 0 Å². The summed E-state index contributed by atoms with van der Waals surface area (Å²) in [6.45, 7) is 5.71. The van der Waals surface area contributed by atoms with Crippen LogP contribution in [0.2, 0.25) is 0 Å². The van der Waals surface area contributed by atoms with E-state index in [0.717, 1.165) is 46.8 Å². The number of halogens is 1. The van der Waals surface area contributed by atoms with Crippen LogP contribution in [0.1, 0.15) is 13.8 Å². The molecule has 0 spiro atoms. The van der Waals surface area contributed by atoms with Gasteiger partial charge in [0.15, 0.2) is 5.65 Å². The number of nitrogens with zero attached hydrogens (tertiary/aromatic N) is 4. The predicted octanol–water partition coefficient (Wildman–Crippen LogP) is 4.84. The maximum atomic E-state index is 13.5. The minimum absolute atomic E-state index is 0.123. The molecule has 0 saturated carbocycles. The van der Waals surface area contributed by atoms with Gasteiger partial charge < -0.3 is 14.2 Å². The Morgan fingerprint density at radius 2 is 1.63 bits per heavy atom. The van der Waals surface area contributed by atoms with Crippen molar-refractivity contribution in [2.45, 2.75) is 26.1 Å². The molecule has 1 saturated heterocycles. The van der Waals surface area contributed by atoms with Crippen LogP contribution in [0.4, 0.5) is 10.2 Å². The number of rotatable bonds is 3. The molecule has 30 heavy (non-hydrogen) atoms. The topological polar surface area (TPSA) is 43.2 Å². The summed E-state index contributed by atoms with van der Waals surface area (Å²) in [4.78, 5) is 11.6. The number of benzene rings is 2. The molecule has 1 aliphatic rings. The SMILES string of the molecule is C[C@@H]1CN(c2ncnc3c2c(-c2ccccc2)cn3-c2ccc(F)cc2)C[C@@H](C)O1. The molecule has 1 aliphatic heterocycles. The third-order valence-corrected chi connectivity index (χ3v) is 5.47. The van der Waals surface area contributed by atoms with Crippen LogP contribution >= 0.6 is 0 Å². The zero-order valence-electron chi connectivity index (χ0n) is 17.0. The van der Waals surface area contributed by atoms with E-state index in [1.54, 1.807) is 18.5 Å². The highest BCUT2D eigenvalue weighted by Gasteiger charge is 2.27. The molecule has 6 heteroatoms. The normalized spacial score (nSPS) is 19.4. The van der Waals surface area contributed by atoms with Gasteiger partial charge in [0, 0.05) is 30.5 Å². The standard InChI is InChI=1S/C24H23FN4O/c1-16-12-28(13-17(2)30-16)23-22-21(18-6-4-3-5-7-18)14-29(24(22)27-15-26-23)20-10-8-19(25)9-11-20/h3-11,14-17H,12-13H2,1-2H3/t16-,17-/m1/s1. The minimum Gasteiger partial charge on any atom is -0.372 e. The summed E-state index contributed by atoms with van der Waals surface area (Å²) in [6, 6.07) is 16.7. The number of fused-ring (bicyclic) bond motifs is 1. The van der Waals surface area contributed by atoms with Crippen LogP contribution in [0.15, 0.2) is 67.1 Å². The van der Waals surface area contributed by atoms with Gasteiger partial charge in [0.2, 0.25) is 0 Å². The van der Waals surface area contributed by atoms with Gasteiger partial charge in [0.1, 0.15) is 18.0 Å². The first-order valence-electron chi connectivity index (χ1n) is 10.2. The van der Waals surface area contributed by atoms with Crippen LogP contribution < -0.4 is 4.90 Å². The number of anilines is 1. The third kappa shape index (κ3) is 3.33. The fraction of sp³-hybridized carbons (Fsp3) is 0.250. The van der Waals surface area contributed by atoms with Crippen molar-refractivity contribution in [3.63, 3.8) is 0 Å². The Balaban J connectivity index is 1.75. The molecule has 0 N–H and O–H groups in total. The summed E-state index contributed by atoms with van der Waals surface area (Å²) in [7, 11) is 0. The molecule has 0 bridgehead atoms.